The number of rotatable bonds is 3. The predicted molar refractivity (Wildman–Crippen MR) is 54.2 cm³/mol. The van der Waals surface area contributed by atoms with Gasteiger partial charge in [-0.2, -0.15) is 0 Å². The lowest BCUT2D eigenvalue weighted by Crippen LogP contribution is -2.06. The normalized spacial score (nSPS) is 10.0. The maximum Gasteiger partial charge on any atom is 0.308 e. The second kappa shape index (κ2) is 4.27. The Balaban J connectivity index is 3.38. The molecular weight excluding hydrogens is 222 g/mol. The molecule has 6 heteroatoms. The molecule has 80 valence electrons. The van der Waals surface area contributed by atoms with Crippen LogP contribution in [0.1, 0.15) is 11.1 Å². The Labute approximate surface area is 90.4 Å². The molecule has 0 bridgehead atoms. The molecular formula is C9H8ClNO4. The Morgan fingerprint density at radius 1 is 1.60 bits per heavy atom. The molecule has 0 heterocycles. The smallest absolute Gasteiger partial charge is 0.308 e. The molecule has 0 aliphatic carbocycles. The van der Waals surface area contributed by atoms with Crippen LogP contribution in [0.5, 0.6) is 0 Å². The largest absolute Gasteiger partial charge is 0.481 e. The van der Waals surface area contributed by atoms with Gasteiger partial charge in [0, 0.05) is 5.56 Å². The summed E-state index contributed by atoms with van der Waals surface area (Å²) in [6.07, 6.45) is -0.400. The standard InChI is InChI=1S/C9H8ClNO4/c1-5-2-3-7(10)9(11(14)15)6(5)4-8(12)13/h2-3H,4H2,1H3,(H,12,13). The van der Waals surface area contributed by atoms with E-state index >= 15 is 0 Å². The molecule has 0 aliphatic heterocycles. The summed E-state index contributed by atoms with van der Waals surface area (Å²) in [6.45, 7) is 1.61. The second-order valence-electron chi connectivity index (χ2n) is 3.02. The number of carboxylic acid groups (broad SMARTS) is 1. The number of carboxylic acids is 1. The van der Waals surface area contributed by atoms with Crippen LogP contribution >= 0.6 is 11.6 Å². The number of nitro groups is 1. The highest BCUT2D eigenvalue weighted by molar-refractivity contribution is 6.32. The quantitative estimate of drug-likeness (QED) is 0.636. The molecule has 1 aromatic rings. The van der Waals surface area contributed by atoms with Gasteiger partial charge in [0.05, 0.1) is 11.3 Å². The predicted octanol–water partition coefficient (Wildman–Crippen LogP) is 2.18. The van der Waals surface area contributed by atoms with E-state index in [2.05, 4.69) is 0 Å². The number of carbonyl (C=O) groups is 1. The molecule has 0 aliphatic rings. The number of hydrogen-bond donors (Lipinski definition) is 1. The van der Waals surface area contributed by atoms with Gasteiger partial charge in [-0.25, -0.2) is 0 Å². The number of halogens is 1. The molecule has 5 nitrogen and oxygen atoms in total. The molecule has 0 unspecified atom stereocenters. The summed E-state index contributed by atoms with van der Waals surface area (Å²) in [7, 11) is 0. The zero-order valence-corrected chi connectivity index (χ0v) is 8.61. The van der Waals surface area contributed by atoms with Crippen molar-refractivity contribution in [3.8, 4) is 0 Å². The van der Waals surface area contributed by atoms with Gasteiger partial charge in [0.15, 0.2) is 0 Å². The van der Waals surface area contributed by atoms with Gasteiger partial charge < -0.3 is 5.11 Å². The lowest BCUT2D eigenvalue weighted by Gasteiger charge is -2.05. The van der Waals surface area contributed by atoms with Crippen molar-refractivity contribution in [2.24, 2.45) is 0 Å². The fourth-order valence-electron chi connectivity index (χ4n) is 1.28. The fourth-order valence-corrected chi connectivity index (χ4v) is 1.53. The van der Waals surface area contributed by atoms with Crippen LogP contribution in [-0.2, 0) is 11.2 Å². The molecule has 0 amide bonds. The van der Waals surface area contributed by atoms with Crippen molar-refractivity contribution in [2.45, 2.75) is 13.3 Å². The summed E-state index contributed by atoms with van der Waals surface area (Å²) in [4.78, 5) is 20.6. The van der Waals surface area contributed by atoms with Gasteiger partial charge in [-0.15, -0.1) is 0 Å². The molecule has 1 rings (SSSR count). The maximum absolute atomic E-state index is 10.7. The van der Waals surface area contributed by atoms with E-state index < -0.39 is 17.3 Å². The van der Waals surface area contributed by atoms with Gasteiger partial charge in [-0.3, -0.25) is 14.9 Å². The van der Waals surface area contributed by atoms with Gasteiger partial charge in [0.2, 0.25) is 0 Å². The van der Waals surface area contributed by atoms with E-state index in [0.29, 0.717) is 5.56 Å². The van der Waals surface area contributed by atoms with Crippen LogP contribution in [0.25, 0.3) is 0 Å². The zero-order valence-electron chi connectivity index (χ0n) is 7.86. The Hall–Kier alpha value is -1.62. The first-order chi connectivity index (χ1) is 6.93. The average molecular weight is 230 g/mol. The van der Waals surface area contributed by atoms with Gasteiger partial charge in [0.1, 0.15) is 5.02 Å². The first kappa shape index (κ1) is 11.5. The Bertz CT molecular complexity index is 430. The van der Waals surface area contributed by atoms with Crippen LogP contribution in [0.15, 0.2) is 12.1 Å². The van der Waals surface area contributed by atoms with Crippen molar-refractivity contribution >= 4 is 23.3 Å². The van der Waals surface area contributed by atoms with Gasteiger partial charge in [-0.1, -0.05) is 17.7 Å². The summed E-state index contributed by atoms with van der Waals surface area (Å²) in [5, 5.41) is 19.3. The second-order valence-corrected chi connectivity index (χ2v) is 3.43. The summed E-state index contributed by atoms with van der Waals surface area (Å²) >= 11 is 5.65. The summed E-state index contributed by atoms with van der Waals surface area (Å²) in [6, 6.07) is 2.95. The van der Waals surface area contributed by atoms with E-state index in [-0.39, 0.29) is 16.3 Å². The van der Waals surface area contributed by atoms with Crippen LogP contribution in [-0.4, -0.2) is 16.0 Å². The number of hydrogen-bond acceptors (Lipinski definition) is 3. The summed E-state index contributed by atoms with van der Waals surface area (Å²) in [5.41, 5.74) is 0.382. The van der Waals surface area contributed by atoms with Crippen LogP contribution in [0.3, 0.4) is 0 Å². The third-order valence-corrected chi connectivity index (χ3v) is 2.28. The molecule has 15 heavy (non-hydrogen) atoms. The van der Waals surface area contributed by atoms with Crippen molar-refractivity contribution in [3.05, 3.63) is 38.4 Å². The lowest BCUT2D eigenvalue weighted by atomic mass is 10.0. The Morgan fingerprint density at radius 2 is 2.20 bits per heavy atom. The van der Waals surface area contributed by atoms with Crippen molar-refractivity contribution in [2.75, 3.05) is 0 Å². The topological polar surface area (TPSA) is 80.4 Å². The lowest BCUT2D eigenvalue weighted by molar-refractivity contribution is -0.385. The number of benzene rings is 1. The van der Waals surface area contributed by atoms with Crippen molar-refractivity contribution < 1.29 is 14.8 Å². The minimum atomic E-state index is -1.12. The SMILES string of the molecule is Cc1ccc(Cl)c([N+](=O)[O-])c1CC(=O)O. The van der Waals surface area contributed by atoms with E-state index in [0.717, 1.165) is 0 Å². The van der Waals surface area contributed by atoms with Crippen LogP contribution in [0.4, 0.5) is 5.69 Å². The molecule has 0 saturated heterocycles. The Kier molecular flexibility index (Phi) is 3.26. The minimum Gasteiger partial charge on any atom is -0.481 e. The molecule has 1 aromatic carbocycles. The summed E-state index contributed by atoms with van der Waals surface area (Å²) in [5.74, 6) is -1.12. The maximum atomic E-state index is 10.7. The summed E-state index contributed by atoms with van der Waals surface area (Å²) < 4.78 is 0. The molecule has 0 fully saturated rings. The van der Waals surface area contributed by atoms with Crippen LogP contribution in [0.2, 0.25) is 5.02 Å². The molecule has 0 radical (unpaired) electrons. The van der Waals surface area contributed by atoms with E-state index in [1.54, 1.807) is 13.0 Å². The number of nitrogens with zero attached hydrogens (tertiary/aromatic N) is 1. The van der Waals surface area contributed by atoms with E-state index in [1.807, 2.05) is 0 Å². The van der Waals surface area contributed by atoms with Crippen LogP contribution in [0, 0.1) is 17.0 Å². The van der Waals surface area contributed by atoms with E-state index in [4.69, 9.17) is 16.7 Å². The molecule has 0 saturated carbocycles. The fraction of sp³-hybridized carbons (Fsp3) is 0.222. The van der Waals surface area contributed by atoms with Crippen LogP contribution < -0.4 is 0 Å². The highest BCUT2D eigenvalue weighted by atomic mass is 35.5. The first-order valence-corrected chi connectivity index (χ1v) is 4.45. The van der Waals surface area contributed by atoms with E-state index in [1.165, 1.54) is 6.07 Å². The van der Waals surface area contributed by atoms with Gasteiger partial charge in [0.25, 0.3) is 5.69 Å². The minimum absolute atomic E-state index is 0.0400. The third-order valence-electron chi connectivity index (χ3n) is 1.98. The Morgan fingerprint density at radius 3 is 2.67 bits per heavy atom. The van der Waals surface area contributed by atoms with Crippen molar-refractivity contribution in [1.82, 2.24) is 0 Å². The average Bonchev–Trinajstić information content (AvgIpc) is 2.10. The monoisotopic (exact) mass is 229 g/mol. The first-order valence-electron chi connectivity index (χ1n) is 4.07. The zero-order chi connectivity index (χ0) is 11.6. The molecule has 0 aromatic heterocycles. The molecule has 0 spiro atoms. The number of aliphatic carboxylic acids is 1. The van der Waals surface area contributed by atoms with Crippen molar-refractivity contribution in [1.29, 1.82) is 0 Å². The number of aryl methyl sites for hydroxylation is 1. The highest BCUT2D eigenvalue weighted by Crippen LogP contribution is 2.31. The number of nitro benzene ring substituents is 1. The molecule has 0 atom stereocenters. The molecule has 1 N–H and O–H groups in total. The van der Waals surface area contributed by atoms with E-state index in [9.17, 15) is 14.9 Å². The van der Waals surface area contributed by atoms with Gasteiger partial charge >= 0.3 is 5.97 Å². The van der Waals surface area contributed by atoms with Crippen molar-refractivity contribution in [3.63, 3.8) is 0 Å². The third kappa shape index (κ3) is 2.44. The van der Waals surface area contributed by atoms with Gasteiger partial charge in [-0.05, 0) is 18.6 Å². The highest BCUT2D eigenvalue weighted by Gasteiger charge is 2.22.